The molecule has 1 amide bonds. The highest BCUT2D eigenvalue weighted by Gasteiger charge is 2.25. The largest absolute Gasteiger partial charge is 0.497 e. The van der Waals surface area contributed by atoms with Gasteiger partial charge in [-0.15, -0.1) is 0 Å². The number of nitrogens with zero attached hydrogens (tertiary/aromatic N) is 3. The number of amides is 1. The molecule has 5 aromatic rings. The summed E-state index contributed by atoms with van der Waals surface area (Å²) < 4.78 is 5.45. The Morgan fingerprint density at radius 2 is 1.84 bits per heavy atom. The van der Waals surface area contributed by atoms with Crippen LogP contribution in [0.15, 0.2) is 91.3 Å². The van der Waals surface area contributed by atoms with Crippen LogP contribution in [0, 0.1) is 0 Å². The summed E-state index contributed by atoms with van der Waals surface area (Å²) in [6.07, 6.45) is 5.31. The molecular weight excluding hydrogens is 462 g/mol. The van der Waals surface area contributed by atoms with Crippen molar-refractivity contribution < 1.29 is 9.53 Å². The highest BCUT2D eigenvalue weighted by molar-refractivity contribution is 6.02. The molecule has 182 valence electrons. The number of aryl methyl sites for hydroxylation is 1. The van der Waals surface area contributed by atoms with Gasteiger partial charge in [0.15, 0.2) is 5.82 Å². The van der Waals surface area contributed by atoms with Crippen molar-refractivity contribution in [3.63, 3.8) is 0 Å². The summed E-state index contributed by atoms with van der Waals surface area (Å²) in [4.78, 5) is 27.2. The zero-order valence-corrected chi connectivity index (χ0v) is 20.3. The zero-order chi connectivity index (χ0) is 25.2. The zero-order valence-electron chi connectivity index (χ0n) is 20.3. The fraction of sp³-hybridized carbons (Fsp3) is 0.133. The van der Waals surface area contributed by atoms with Gasteiger partial charge in [-0.25, -0.2) is 9.97 Å². The molecule has 0 saturated heterocycles. The number of aromatic nitrogens is 3. The first-order chi connectivity index (χ1) is 18.2. The second kappa shape index (κ2) is 9.70. The van der Waals surface area contributed by atoms with E-state index in [1.807, 2.05) is 66.7 Å². The first-order valence-corrected chi connectivity index (χ1v) is 12.2. The van der Waals surface area contributed by atoms with E-state index < -0.39 is 0 Å². The van der Waals surface area contributed by atoms with E-state index in [9.17, 15) is 4.79 Å². The van der Waals surface area contributed by atoms with Crippen molar-refractivity contribution in [2.24, 2.45) is 0 Å². The van der Waals surface area contributed by atoms with Gasteiger partial charge >= 0.3 is 0 Å². The minimum atomic E-state index is -0.131. The summed E-state index contributed by atoms with van der Waals surface area (Å²) in [6, 6.07) is 25.2. The summed E-state index contributed by atoms with van der Waals surface area (Å²) in [7, 11) is 1.62. The van der Waals surface area contributed by atoms with E-state index in [-0.39, 0.29) is 11.9 Å². The number of nitrogens with one attached hydrogen (secondary N) is 2. The molecular formula is C30H25N5O2. The van der Waals surface area contributed by atoms with Gasteiger partial charge in [0.05, 0.1) is 29.9 Å². The Morgan fingerprint density at radius 3 is 2.70 bits per heavy atom. The Labute approximate surface area is 214 Å². The van der Waals surface area contributed by atoms with Crippen LogP contribution in [0.5, 0.6) is 5.75 Å². The fourth-order valence-corrected chi connectivity index (χ4v) is 4.81. The average molecular weight is 488 g/mol. The SMILES string of the molecule is COc1ccc2nc(-c3cccnc3)nc(Nc3ccccc3C(=O)NC3CCc4ccccc43)c2c1. The van der Waals surface area contributed by atoms with Crippen molar-refractivity contribution in [3.05, 3.63) is 108 Å². The maximum Gasteiger partial charge on any atom is 0.253 e. The molecule has 1 aliphatic rings. The summed E-state index contributed by atoms with van der Waals surface area (Å²) in [6.45, 7) is 0. The standard InChI is InChI=1S/C30H25N5O2/c1-37-21-13-15-27-24(17-21)29(35-28(32-27)20-8-6-16-31-18-20)33-25-11-5-4-10-23(25)30(36)34-26-14-12-19-7-2-3-9-22(19)26/h2-11,13,15-18,26H,12,14H2,1H3,(H,34,36)(H,32,33,35). The number of pyridine rings is 1. The summed E-state index contributed by atoms with van der Waals surface area (Å²) >= 11 is 0. The number of hydrogen-bond acceptors (Lipinski definition) is 6. The Balaban J connectivity index is 1.37. The molecule has 0 saturated carbocycles. The van der Waals surface area contributed by atoms with Gasteiger partial charge in [0.2, 0.25) is 0 Å². The van der Waals surface area contributed by atoms with Crippen LogP contribution < -0.4 is 15.4 Å². The monoisotopic (exact) mass is 487 g/mol. The van der Waals surface area contributed by atoms with Gasteiger partial charge in [0, 0.05) is 23.3 Å². The number of ether oxygens (including phenoxy) is 1. The van der Waals surface area contributed by atoms with Crippen molar-refractivity contribution in [2.75, 3.05) is 12.4 Å². The van der Waals surface area contributed by atoms with Gasteiger partial charge in [-0.1, -0.05) is 36.4 Å². The highest BCUT2D eigenvalue weighted by Crippen LogP contribution is 2.33. The van der Waals surface area contributed by atoms with E-state index in [4.69, 9.17) is 14.7 Å². The predicted octanol–water partition coefficient (Wildman–Crippen LogP) is 5.86. The van der Waals surface area contributed by atoms with Crippen molar-refractivity contribution in [1.29, 1.82) is 0 Å². The second-order valence-electron chi connectivity index (χ2n) is 8.95. The van der Waals surface area contributed by atoms with E-state index >= 15 is 0 Å². The van der Waals surface area contributed by atoms with Crippen LogP contribution in [0.3, 0.4) is 0 Å². The molecule has 2 heterocycles. The van der Waals surface area contributed by atoms with Crippen LogP contribution >= 0.6 is 0 Å². The molecule has 2 N–H and O–H groups in total. The van der Waals surface area contributed by atoms with Crippen LogP contribution in [-0.2, 0) is 6.42 Å². The number of carbonyl (C=O) groups is 1. The average Bonchev–Trinajstić information content (AvgIpc) is 3.36. The fourth-order valence-electron chi connectivity index (χ4n) is 4.81. The van der Waals surface area contributed by atoms with Gasteiger partial charge in [0.25, 0.3) is 5.91 Å². The van der Waals surface area contributed by atoms with E-state index in [1.54, 1.807) is 19.5 Å². The Bertz CT molecular complexity index is 1600. The molecule has 0 radical (unpaired) electrons. The van der Waals surface area contributed by atoms with Crippen molar-refractivity contribution in [2.45, 2.75) is 18.9 Å². The number of para-hydroxylation sites is 1. The number of methoxy groups -OCH3 is 1. The number of rotatable bonds is 6. The molecule has 0 aliphatic heterocycles. The lowest BCUT2D eigenvalue weighted by Gasteiger charge is -2.17. The second-order valence-corrected chi connectivity index (χ2v) is 8.95. The highest BCUT2D eigenvalue weighted by atomic mass is 16.5. The molecule has 1 aliphatic carbocycles. The lowest BCUT2D eigenvalue weighted by atomic mass is 10.1. The van der Waals surface area contributed by atoms with Crippen LogP contribution in [0.25, 0.3) is 22.3 Å². The minimum absolute atomic E-state index is 0.00178. The molecule has 1 atom stereocenters. The molecule has 7 nitrogen and oxygen atoms in total. The molecule has 3 aromatic carbocycles. The van der Waals surface area contributed by atoms with Gasteiger partial charge in [-0.2, -0.15) is 0 Å². The Kier molecular flexibility index (Phi) is 5.94. The number of hydrogen-bond donors (Lipinski definition) is 2. The van der Waals surface area contributed by atoms with E-state index in [2.05, 4.69) is 27.8 Å². The molecule has 0 bridgehead atoms. The van der Waals surface area contributed by atoms with E-state index in [0.717, 1.165) is 29.3 Å². The summed E-state index contributed by atoms with van der Waals surface area (Å²) in [5.74, 6) is 1.68. The van der Waals surface area contributed by atoms with Crippen molar-refractivity contribution in [3.8, 4) is 17.1 Å². The van der Waals surface area contributed by atoms with Crippen molar-refractivity contribution in [1.82, 2.24) is 20.3 Å². The Morgan fingerprint density at radius 1 is 0.973 bits per heavy atom. The lowest BCUT2D eigenvalue weighted by Crippen LogP contribution is -2.27. The van der Waals surface area contributed by atoms with E-state index in [1.165, 1.54) is 11.1 Å². The molecule has 1 unspecified atom stereocenters. The van der Waals surface area contributed by atoms with Gasteiger partial charge < -0.3 is 15.4 Å². The number of benzene rings is 3. The van der Waals surface area contributed by atoms with Crippen LogP contribution in [-0.4, -0.2) is 28.0 Å². The number of carbonyl (C=O) groups excluding carboxylic acids is 1. The summed E-state index contributed by atoms with van der Waals surface area (Å²) in [5.41, 5.74) is 5.24. The molecule has 6 rings (SSSR count). The first kappa shape index (κ1) is 22.7. The number of fused-ring (bicyclic) bond motifs is 2. The van der Waals surface area contributed by atoms with E-state index in [0.29, 0.717) is 28.6 Å². The smallest absolute Gasteiger partial charge is 0.253 e. The van der Waals surface area contributed by atoms with Crippen LogP contribution in [0.1, 0.15) is 33.9 Å². The van der Waals surface area contributed by atoms with Gasteiger partial charge in [-0.3, -0.25) is 9.78 Å². The molecule has 0 spiro atoms. The maximum atomic E-state index is 13.5. The lowest BCUT2D eigenvalue weighted by molar-refractivity contribution is 0.0937. The first-order valence-electron chi connectivity index (χ1n) is 12.2. The maximum absolute atomic E-state index is 13.5. The third-order valence-electron chi connectivity index (χ3n) is 6.69. The predicted molar refractivity (Wildman–Crippen MR) is 144 cm³/mol. The summed E-state index contributed by atoms with van der Waals surface area (Å²) in [5, 5.41) is 7.43. The molecule has 2 aromatic heterocycles. The number of anilines is 2. The van der Waals surface area contributed by atoms with Crippen LogP contribution in [0.4, 0.5) is 11.5 Å². The van der Waals surface area contributed by atoms with Crippen molar-refractivity contribution >= 4 is 28.3 Å². The quantitative estimate of drug-likeness (QED) is 0.312. The Hall–Kier alpha value is -4.78. The van der Waals surface area contributed by atoms with Crippen LogP contribution in [0.2, 0.25) is 0 Å². The third-order valence-corrected chi connectivity index (χ3v) is 6.69. The molecule has 7 heteroatoms. The van der Waals surface area contributed by atoms with Gasteiger partial charge in [0.1, 0.15) is 11.6 Å². The minimum Gasteiger partial charge on any atom is -0.497 e. The normalized spacial score (nSPS) is 14.2. The van der Waals surface area contributed by atoms with Gasteiger partial charge in [-0.05, 0) is 66.4 Å². The molecule has 37 heavy (non-hydrogen) atoms. The third kappa shape index (κ3) is 4.47. The topological polar surface area (TPSA) is 89.0 Å². The molecule has 0 fully saturated rings.